The van der Waals surface area contributed by atoms with Crippen molar-refractivity contribution in [3.8, 4) is 0 Å². The van der Waals surface area contributed by atoms with Gasteiger partial charge < -0.3 is 4.85 Å². The fourth-order valence-corrected chi connectivity index (χ4v) is 0.738. The predicted molar refractivity (Wildman–Crippen MR) is 40.5 cm³/mol. The zero-order chi connectivity index (χ0) is 7.98. The molecule has 0 bridgehead atoms. The highest BCUT2D eigenvalue weighted by Crippen LogP contribution is 2.02. The van der Waals surface area contributed by atoms with Crippen LogP contribution in [-0.4, -0.2) is 12.3 Å². The van der Waals surface area contributed by atoms with Crippen LogP contribution in [0.3, 0.4) is 0 Å². The highest BCUT2D eigenvalue weighted by atomic mass is 16.1. The summed E-state index contributed by atoms with van der Waals surface area (Å²) in [5, 5.41) is 0. The van der Waals surface area contributed by atoms with Gasteiger partial charge in [0.15, 0.2) is 0 Å². The second-order valence-electron chi connectivity index (χ2n) is 2.77. The molecule has 0 saturated heterocycles. The molecule has 0 aliphatic carbocycles. The summed E-state index contributed by atoms with van der Waals surface area (Å²) in [6.45, 7) is 10.8. The Kier molecular flexibility index (Phi) is 4.57. The normalized spacial score (nSPS) is 9.40. The first-order chi connectivity index (χ1) is 4.66. The molecule has 0 aliphatic rings. The fraction of sp³-hybridized carbons (Fsp3) is 0.750. The lowest BCUT2D eigenvalue weighted by Gasteiger charge is -1.98. The van der Waals surface area contributed by atoms with Crippen molar-refractivity contribution in [1.82, 2.24) is 0 Å². The molecule has 2 nitrogen and oxygen atoms in total. The van der Waals surface area contributed by atoms with E-state index in [4.69, 9.17) is 6.57 Å². The topological polar surface area (TPSA) is 21.4 Å². The minimum Gasteiger partial charge on any atom is -0.316 e. The monoisotopic (exact) mass is 139 g/mol. The largest absolute Gasteiger partial charge is 0.316 e. The van der Waals surface area contributed by atoms with Gasteiger partial charge in [-0.15, -0.1) is 0 Å². The second-order valence-corrected chi connectivity index (χ2v) is 2.77. The number of hydrogen-bond donors (Lipinski definition) is 0. The lowest BCUT2D eigenvalue weighted by molar-refractivity contribution is -0.119. The summed E-state index contributed by atoms with van der Waals surface area (Å²) >= 11 is 0. The molecule has 0 aliphatic heterocycles. The van der Waals surface area contributed by atoms with Gasteiger partial charge in [-0.2, -0.15) is 0 Å². The van der Waals surface area contributed by atoms with Crippen molar-refractivity contribution in [1.29, 1.82) is 0 Å². The van der Waals surface area contributed by atoms with E-state index in [-0.39, 0.29) is 5.78 Å². The van der Waals surface area contributed by atoms with Crippen LogP contribution in [0.15, 0.2) is 0 Å². The molecule has 0 atom stereocenters. The van der Waals surface area contributed by atoms with Gasteiger partial charge in [0.05, 0.1) is 6.42 Å². The van der Waals surface area contributed by atoms with E-state index >= 15 is 0 Å². The summed E-state index contributed by atoms with van der Waals surface area (Å²) in [7, 11) is 0. The van der Waals surface area contributed by atoms with Crippen LogP contribution in [0.5, 0.6) is 0 Å². The van der Waals surface area contributed by atoms with E-state index in [0.717, 1.165) is 0 Å². The van der Waals surface area contributed by atoms with Crippen LogP contribution < -0.4 is 0 Å². The van der Waals surface area contributed by atoms with E-state index in [9.17, 15) is 4.79 Å². The van der Waals surface area contributed by atoms with Crippen molar-refractivity contribution < 1.29 is 4.79 Å². The Morgan fingerprint density at radius 2 is 2.20 bits per heavy atom. The van der Waals surface area contributed by atoms with Crippen molar-refractivity contribution in [3.05, 3.63) is 11.4 Å². The first-order valence-corrected chi connectivity index (χ1v) is 3.51. The molecular weight excluding hydrogens is 126 g/mol. The number of hydrogen-bond acceptors (Lipinski definition) is 1. The van der Waals surface area contributed by atoms with E-state index in [2.05, 4.69) is 4.85 Å². The van der Waals surface area contributed by atoms with Gasteiger partial charge in [-0.1, -0.05) is 13.8 Å². The van der Waals surface area contributed by atoms with Gasteiger partial charge in [0.2, 0.25) is 6.54 Å². The number of Topliss-reactive ketones (excluding diaryl/α,β-unsaturated/α-hetero) is 1. The van der Waals surface area contributed by atoms with Crippen LogP contribution in [0.25, 0.3) is 4.85 Å². The predicted octanol–water partition coefficient (Wildman–Crippen LogP) is 1.91. The average molecular weight is 139 g/mol. The lowest BCUT2D eigenvalue weighted by atomic mass is 10.1. The maximum absolute atomic E-state index is 10.9. The van der Waals surface area contributed by atoms with Gasteiger partial charge in [0.1, 0.15) is 5.78 Å². The third kappa shape index (κ3) is 5.30. The summed E-state index contributed by atoms with van der Waals surface area (Å²) in [5.41, 5.74) is 0. The Morgan fingerprint density at radius 3 is 2.60 bits per heavy atom. The summed E-state index contributed by atoms with van der Waals surface area (Å²) in [6, 6.07) is 0. The van der Waals surface area contributed by atoms with Gasteiger partial charge in [0.25, 0.3) is 0 Å². The zero-order valence-corrected chi connectivity index (χ0v) is 6.55. The van der Waals surface area contributed by atoms with E-state index < -0.39 is 0 Å². The molecule has 10 heavy (non-hydrogen) atoms. The van der Waals surface area contributed by atoms with Crippen molar-refractivity contribution in [2.75, 3.05) is 6.54 Å². The molecule has 0 rings (SSSR count). The first-order valence-electron chi connectivity index (χ1n) is 3.51. The van der Waals surface area contributed by atoms with Crippen LogP contribution >= 0.6 is 0 Å². The molecule has 0 saturated carbocycles. The van der Waals surface area contributed by atoms with E-state index in [1.54, 1.807) is 0 Å². The summed E-state index contributed by atoms with van der Waals surface area (Å²) in [4.78, 5) is 14.0. The van der Waals surface area contributed by atoms with E-state index in [1.165, 1.54) is 0 Å². The Bertz CT molecular complexity index is 144. The van der Waals surface area contributed by atoms with Crippen molar-refractivity contribution in [2.45, 2.75) is 26.7 Å². The smallest absolute Gasteiger partial charge is 0.221 e. The van der Waals surface area contributed by atoms with Crippen LogP contribution in [0.1, 0.15) is 26.7 Å². The minimum atomic E-state index is 0.214. The molecule has 0 spiro atoms. The third-order valence-corrected chi connectivity index (χ3v) is 1.14. The molecule has 0 unspecified atom stereocenters. The van der Waals surface area contributed by atoms with Gasteiger partial charge in [-0.05, 0) is 5.92 Å². The highest BCUT2D eigenvalue weighted by Gasteiger charge is 2.04. The van der Waals surface area contributed by atoms with Gasteiger partial charge >= 0.3 is 0 Å². The van der Waals surface area contributed by atoms with Crippen LogP contribution in [0.4, 0.5) is 0 Å². The molecular formula is C8H13NO. The van der Waals surface area contributed by atoms with E-state index in [0.29, 0.717) is 25.3 Å². The quantitative estimate of drug-likeness (QED) is 0.545. The summed E-state index contributed by atoms with van der Waals surface area (Å²) in [5.74, 6) is 0.643. The Morgan fingerprint density at radius 1 is 1.60 bits per heavy atom. The zero-order valence-electron chi connectivity index (χ0n) is 6.55. The summed E-state index contributed by atoms with van der Waals surface area (Å²) < 4.78 is 0. The highest BCUT2D eigenvalue weighted by molar-refractivity contribution is 5.78. The van der Waals surface area contributed by atoms with Gasteiger partial charge in [-0.25, -0.2) is 6.57 Å². The molecule has 0 aromatic rings. The Labute approximate surface area is 62.1 Å². The molecule has 2 heteroatoms. The second kappa shape index (κ2) is 4.99. The number of ketones is 1. The molecule has 0 amide bonds. The Balaban J connectivity index is 3.37. The number of carbonyl (C=O) groups is 1. The average Bonchev–Trinajstić information content (AvgIpc) is 1.82. The molecule has 56 valence electrons. The lowest BCUT2D eigenvalue weighted by Crippen LogP contribution is -2.03. The Hall–Kier alpha value is -0.840. The van der Waals surface area contributed by atoms with Crippen molar-refractivity contribution in [3.63, 3.8) is 0 Å². The van der Waals surface area contributed by atoms with Crippen LogP contribution in [0.2, 0.25) is 0 Å². The van der Waals surface area contributed by atoms with Crippen molar-refractivity contribution >= 4 is 5.78 Å². The van der Waals surface area contributed by atoms with Gasteiger partial charge in [-0.3, -0.25) is 4.79 Å². The maximum atomic E-state index is 10.9. The number of nitrogens with zero attached hydrogens (tertiary/aromatic N) is 1. The summed E-state index contributed by atoms with van der Waals surface area (Å²) in [6.07, 6.45) is 1.05. The first kappa shape index (κ1) is 9.16. The molecule has 0 radical (unpaired) electrons. The number of carbonyl (C=O) groups excluding carboxylic acids is 1. The minimum absolute atomic E-state index is 0.214. The fourth-order valence-electron chi connectivity index (χ4n) is 0.738. The van der Waals surface area contributed by atoms with Crippen LogP contribution in [0, 0.1) is 12.5 Å². The third-order valence-electron chi connectivity index (χ3n) is 1.14. The standard InChI is InChI=1S/C8H13NO/c1-7(2)6-8(10)4-5-9-3/h7H,4-6H2,1-2H3. The number of rotatable bonds is 4. The van der Waals surface area contributed by atoms with Gasteiger partial charge in [0, 0.05) is 6.42 Å². The molecule has 0 N–H and O–H groups in total. The molecule has 0 aromatic heterocycles. The molecule has 0 fully saturated rings. The molecule has 0 heterocycles. The molecule has 0 aromatic carbocycles. The van der Waals surface area contributed by atoms with Crippen molar-refractivity contribution in [2.24, 2.45) is 5.92 Å². The van der Waals surface area contributed by atoms with Crippen LogP contribution in [-0.2, 0) is 4.79 Å². The van der Waals surface area contributed by atoms with E-state index in [1.807, 2.05) is 13.8 Å². The maximum Gasteiger partial charge on any atom is 0.221 e. The SMILES string of the molecule is [C-]#[N+]CCC(=O)CC(C)C.